The van der Waals surface area contributed by atoms with Crippen LogP contribution in [0.25, 0.3) is 0 Å². The fraction of sp³-hybridized carbons (Fsp3) is 0.353. The molecule has 0 bridgehead atoms. The Bertz CT molecular complexity index is 1060. The fourth-order valence-electron chi connectivity index (χ4n) is 2.30. The number of alkyl halides is 3. The van der Waals surface area contributed by atoms with Crippen molar-refractivity contribution >= 4 is 21.6 Å². The molecular weight excluding hydrogens is 421 g/mol. The summed E-state index contributed by atoms with van der Waals surface area (Å²) in [5, 5.41) is 2.18. The number of aromatic nitrogens is 1. The van der Waals surface area contributed by atoms with Gasteiger partial charge in [0.05, 0.1) is 5.69 Å². The first kappa shape index (κ1) is 22.8. The third kappa shape index (κ3) is 4.58. The molecule has 0 unspecified atom stereocenters. The van der Waals surface area contributed by atoms with Crippen LogP contribution in [0.3, 0.4) is 0 Å². The number of amides is 1. The van der Waals surface area contributed by atoms with Crippen LogP contribution in [0, 0.1) is 18.6 Å². The van der Waals surface area contributed by atoms with Crippen molar-refractivity contribution in [2.45, 2.75) is 37.4 Å². The molecule has 1 heterocycles. The monoisotopic (exact) mass is 439 g/mol. The van der Waals surface area contributed by atoms with Gasteiger partial charge in [0.2, 0.25) is 10.0 Å². The number of hydrogen-bond donors (Lipinski definition) is 2. The number of aryl methyl sites for hydroxylation is 1. The normalized spacial score (nSPS) is 12.9. The third-order valence-electron chi connectivity index (χ3n) is 4.19. The molecule has 1 aromatic heterocycles. The summed E-state index contributed by atoms with van der Waals surface area (Å²) < 4.78 is 93.5. The molecule has 0 spiro atoms. The number of carbonyl (C=O) groups is 1. The summed E-state index contributed by atoms with van der Waals surface area (Å²) in [6.07, 6.45) is -3.91. The lowest BCUT2D eigenvalue weighted by atomic mass is 10.1. The first-order valence-electron chi connectivity index (χ1n) is 8.10. The molecule has 29 heavy (non-hydrogen) atoms. The van der Waals surface area contributed by atoms with Gasteiger partial charge < -0.3 is 9.88 Å². The number of halogens is 5. The van der Waals surface area contributed by atoms with Gasteiger partial charge in [-0.2, -0.15) is 17.9 Å². The number of nitrogens with zero attached hydrogens (tertiary/aromatic N) is 1. The fourth-order valence-corrected chi connectivity index (χ4v) is 3.77. The summed E-state index contributed by atoms with van der Waals surface area (Å²) in [6.45, 7) is 2.48. The van der Waals surface area contributed by atoms with Crippen molar-refractivity contribution < 1.29 is 35.2 Å². The van der Waals surface area contributed by atoms with Gasteiger partial charge in [0.25, 0.3) is 5.91 Å². The molecule has 6 nitrogen and oxygen atoms in total. The van der Waals surface area contributed by atoms with Gasteiger partial charge in [0, 0.05) is 18.8 Å². The van der Waals surface area contributed by atoms with Gasteiger partial charge in [-0.1, -0.05) is 0 Å². The molecular formula is C17H18F5N3O3S. The highest BCUT2D eigenvalue weighted by molar-refractivity contribution is 7.89. The van der Waals surface area contributed by atoms with Crippen molar-refractivity contribution in [1.82, 2.24) is 9.29 Å². The molecule has 0 atom stereocenters. The van der Waals surface area contributed by atoms with E-state index >= 15 is 0 Å². The van der Waals surface area contributed by atoms with Crippen molar-refractivity contribution in [1.29, 1.82) is 0 Å². The van der Waals surface area contributed by atoms with Gasteiger partial charge in [0.15, 0.2) is 5.82 Å². The maximum atomic E-state index is 14.1. The highest BCUT2D eigenvalue weighted by atomic mass is 32.2. The van der Waals surface area contributed by atoms with Crippen molar-refractivity contribution in [3.05, 3.63) is 47.3 Å². The van der Waals surface area contributed by atoms with Crippen molar-refractivity contribution in [3.63, 3.8) is 0 Å². The summed E-state index contributed by atoms with van der Waals surface area (Å²) in [5.74, 6) is -2.76. The molecule has 2 N–H and O–H groups in total. The molecule has 0 radical (unpaired) electrons. The maximum Gasteiger partial charge on any atom is 0.407 e. The summed E-state index contributed by atoms with van der Waals surface area (Å²) in [4.78, 5) is 11.8. The number of rotatable bonds is 5. The van der Waals surface area contributed by atoms with Crippen LogP contribution in [-0.4, -0.2) is 30.6 Å². The zero-order valence-electron chi connectivity index (χ0n) is 15.8. The second-order valence-corrected chi connectivity index (χ2v) is 8.57. The lowest BCUT2D eigenvalue weighted by molar-refractivity contribution is -0.180. The quantitative estimate of drug-likeness (QED) is 0.700. The van der Waals surface area contributed by atoms with Gasteiger partial charge in [-0.15, -0.1) is 0 Å². The predicted octanol–water partition coefficient (Wildman–Crippen LogP) is 3.48. The van der Waals surface area contributed by atoms with Gasteiger partial charge in [-0.05, 0) is 39.0 Å². The van der Waals surface area contributed by atoms with Crippen LogP contribution in [0.1, 0.15) is 29.9 Å². The Morgan fingerprint density at radius 3 is 2.28 bits per heavy atom. The molecule has 2 aromatic rings. The van der Waals surface area contributed by atoms with E-state index in [0.29, 0.717) is 13.8 Å². The predicted molar refractivity (Wildman–Crippen MR) is 94.9 cm³/mol. The van der Waals surface area contributed by atoms with E-state index < -0.39 is 44.2 Å². The minimum absolute atomic E-state index is 0.267. The summed E-state index contributed by atoms with van der Waals surface area (Å²) in [5.41, 5.74) is -3.68. The molecule has 2 rings (SSSR count). The van der Waals surface area contributed by atoms with Gasteiger partial charge in [-0.25, -0.2) is 17.2 Å². The second-order valence-electron chi connectivity index (χ2n) is 6.89. The van der Waals surface area contributed by atoms with E-state index in [2.05, 4.69) is 5.32 Å². The Morgan fingerprint density at radius 1 is 1.14 bits per heavy atom. The van der Waals surface area contributed by atoms with Crippen LogP contribution in [-0.2, 0) is 17.1 Å². The molecule has 0 saturated carbocycles. The van der Waals surface area contributed by atoms with Crippen LogP contribution in [0.2, 0.25) is 0 Å². The first-order chi connectivity index (χ1) is 13.1. The summed E-state index contributed by atoms with van der Waals surface area (Å²) in [6, 6.07) is 2.78. The maximum absolute atomic E-state index is 14.1. The largest absolute Gasteiger partial charge is 0.407 e. The number of carbonyl (C=O) groups excluding carboxylic acids is 1. The van der Waals surface area contributed by atoms with E-state index in [1.54, 1.807) is 4.72 Å². The van der Waals surface area contributed by atoms with Crippen LogP contribution in [0.5, 0.6) is 0 Å². The summed E-state index contributed by atoms with van der Waals surface area (Å²) in [7, 11) is -3.34. The average Bonchev–Trinajstić information content (AvgIpc) is 2.96. The Kier molecular flexibility index (Phi) is 5.83. The zero-order valence-corrected chi connectivity index (χ0v) is 16.6. The van der Waals surface area contributed by atoms with Gasteiger partial charge in [-0.3, -0.25) is 4.79 Å². The standard InChI is InChI=1S/C17H18F5N3O3S/c1-9-11(18)5-6-12(14(9)19)23-15(26)13-7-10(8-25(13)4)29(27,28)24-16(2,3)17(20,21)22/h5-8,24H,1-4H3,(H,23,26). The van der Waals surface area contributed by atoms with E-state index in [-0.39, 0.29) is 16.9 Å². The lowest BCUT2D eigenvalue weighted by Gasteiger charge is -2.28. The Labute approximate surface area is 163 Å². The van der Waals surface area contributed by atoms with Crippen LogP contribution >= 0.6 is 0 Å². The molecule has 1 amide bonds. The van der Waals surface area contributed by atoms with E-state index in [9.17, 15) is 35.2 Å². The van der Waals surface area contributed by atoms with E-state index in [0.717, 1.165) is 29.0 Å². The van der Waals surface area contributed by atoms with Crippen LogP contribution in [0.15, 0.2) is 29.3 Å². The minimum Gasteiger partial charge on any atom is -0.345 e. The molecule has 0 aliphatic heterocycles. The topological polar surface area (TPSA) is 80.2 Å². The molecule has 0 aliphatic carbocycles. The minimum atomic E-state index is -4.85. The molecule has 0 fully saturated rings. The molecule has 0 aliphatic rings. The molecule has 12 heteroatoms. The van der Waals surface area contributed by atoms with E-state index in [1.165, 1.54) is 14.0 Å². The smallest absolute Gasteiger partial charge is 0.345 e. The number of hydrogen-bond acceptors (Lipinski definition) is 3. The number of nitrogens with one attached hydrogen (secondary N) is 2. The Morgan fingerprint density at radius 2 is 1.72 bits per heavy atom. The number of sulfonamides is 1. The number of benzene rings is 1. The van der Waals surface area contributed by atoms with E-state index in [1.807, 2.05) is 0 Å². The molecule has 0 saturated heterocycles. The summed E-state index contributed by atoms with van der Waals surface area (Å²) >= 11 is 0. The van der Waals surface area contributed by atoms with Crippen molar-refractivity contribution in [3.8, 4) is 0 Å². The zero-order chi connectivity index (χ0) is 22.4. The van der Waals surface area contributed by atoms with Crippen molar-refractivity contribution in [2.24, 2.45) is 7.05 Å². The second kappa shape index (κ2) is 7.41. The third-order valence-corrected chi connectivity index (χ3v) is 5.81. The van der Waals surface area contributed by atoms with Crippen LogP contribution in [0.4, 0.5) is 27.6 Å². The Hall–Kier alpha value is -2.47. The SMILES string of the molecule is Cc1c(F)ccc(NC(=O)c2cc(S(=O)(=O)NC(C)(C)C(F)(F)F)cn2C)c1F. The highest BCUT2D eigenvalue weighted by Gasteiger charge is 2.50. The average molecular weight is 439 g/mol. The molecule has 160 valence electrons. The Balaban J connectivity index is 2.33. The van der Waals surface area contributed by atoms with Gasteiger partial charge in [0.1, 0.15) is 21.9 Å². The number of anilines is 1. The van der Waals surface area contributed by atoms with E-state index in [4.69, 9.17) is 0 Å². The first-order valence-corrected chi connectivity index (χ1v) is 9.58. The van der Waals surface area contributed by atoms with Crippen LogP contribution < -0.4 is 10.0 Å². The lowest BCUT2D eigenvalue weighted by Crippen LogP contribution is -2.54. The van der Waals surface area contributed by atoms with Crippen molar-refractivity contribution in [2.75, 3.05) is 5.32 Å². The van der Waals surface area contributed by atoms with Gasteiger partial charge >= 0.3 is 6.18 Å². The highest BCUT2D eigenvalue weighted by Crippen LogP contribution is 2.31. The molecule has 1 aromatic carbocycles.